The lowest BCUT2D eigenvalue weighted by atomic mass is 9.81. The number of halogens is 5. The fraction of sp³-hybridized carbons (Fsp3) is 0.333. The van der Waals surface area contributed by atoms with Crippen LogP contribution >= 0.6 is 11.6 Å². The molecular formula is C24H19ClF4N4O3S. The molecule has 0 amide bonds. The van der Waals surface area contributed by atoms with E-state index in [4.69, 9.17) is 11.6 Å². The molecule has 37 heavy (non-hydrogen) atoms. The van der Waals surface area contributed by atoms with Crippen LogP contribution in [-0.2, 0) is 27.4 Å². The van der Waals surface area contributed by atoms with Crippen molar-refractivity contribution >= 4 is 27.4 Å². The first-order valence-corrected chi connectivity index (χ1v) is 13.1. The largest absolute Gasteiger partial charge is 0.451 e. The minimum atomic E-state index is -4.68. The summed E-state index contributed by atoms with van der Waals surface area (Å²) in [4.78, 5) is 23.9. The third-order valence-electron chi connectivity index (χ3n) is 6.66. The molecule has 4 heterocycles. The fourth-order valence-electron chi connectivity index (χ4n) is 4.87. The van der Waals surface area contributed by atoms with Crippen molar-refractivity contribution in [2.24, 2.45) is 5.92 Å². The summed E-state index contributed by atoms with van der Waals surface area (Å²) in [5, 5.41) is 0.0727. The number of nitrogens with zero attached hydrogens (tertiary/aromatic N) is 4. The van der Waals surface area contributed by atoms with E-state index in [1.54, 1.807) is 6.07 Å². The second-order valence-corrected chi connectivity index (χ2v) is 11.3. The van der Waals surface area contributed by atoms with Crippen molar-refractivity contribution in [3.8, 4) is 11.3 Å². The fourth-order valence-corrected chi connectivity index (χ4v) is 6.98. The number of alkyl halides is 3. The molecule has 2 aliphatic heterocycles. The van der Waals surface area contributed by atoms with Crippen LogP contribution in [0.3, 0.4) is 0 Å². The minimum absolute atomic E-state index is 0.0205. The van der Waals surface area contributed by atoms with Crippen molar-refractivity contribution in [1.29, 1.82) is 0 Å². The lowest BCUT2D eigenvalue weighted by Crippen LogP contribution is -2.41. The van der Waals surface area contributed by atoms with Crippen LogP contribution in [0.5, 0.6) is 0 Å². The van der Waals surface area contributed by atoms with Gasteiger partial charge in [0, 0.05) is 30.4 Å². The van der Waals surface area contributed by atoms with E-state index in [-0.39, 0.29) is 51.9 Å². The summed E-state index contributed by atoms with van der Waals surface area (Å²) in [6.07, 6.45) is -1.27. The van der Waals surface area contributed by atoms with Gasteiger partial charge in [0.05, 0.1) is 16.6 Å². The Morgan fingerprint density at radius 2 is 1.73 bits per heavy atom. The number of carbonyl (C=O) groups excluding carboxylic acids is 1. The van der Waals surface area contributed by atoms with Crippen molar-refractivity contribution in [1.82, 2.24) is 19.3 Å². The Morgan fingerprint density at radius 1 is 1.08 bits per heavy atom. The van der Waals surface area contributed by atoms with Gasteiger partial charge in [-0.25, -0.2) is 27.8 Å². The summed E-state index contributed by atoms with van der Waals surface area (Å²) in [6, 6.07) is 6.54. The molecule has 0 radical (unpaired) electrons. The lowest BCUT2D eigenvalue weighted by Gasteiger charge is -2.25. The Balaban J connectivity index is 1.32. The van der Waals surface area contributed by atoms with Gasteiger partial charge in [-0.1, -0.05) is 11.6 Å². The number of pyridine rings is 1. The number of carbonyl (C=O) groups is 1. The van der Waals surface area contributed by atoms with Crippen molar-refractivity contribution in [3.63, 3.8) is 0 Å². The van der Waals surface area contributed by atoms with Gasteiger partial charge in [0.2, 0.25) is 15.8 Å². The monoisotopic (exact) mass is 554 g/mol. The van der Waals surface area contributed by atoms with E-state index >= 15 is 0 Å². The van der Waals surface area contributed by atoms with E-state index in [1.807, 2.05) is 0 Å². The molecule has 2 bridgehead atoms. The molecule has 1 aliphatic carbocycles. The second kappa shape index (κ2) is 9.41. The molecule has 0 spiro atoms. The number of aryl methyl sites for hydroxylation is 1. The highest BCUT2D eigenvalue weighted by molar-refractivity contribution is 7.89. The zero-order valence-corrected chi connectivity index (χ0v) is 20.6. The van der Waals surface area contributed by atoms with Crippen LogP contribution < -0.4 is 0 Å². The van der Waals surface area contributed by atoms with E-state index in [9.17, 15) is 30.8 Å². The average molecular weight is 555 g/mol. The molecule has 3 aromatic rings. The maximum Gasteiger partial charge on any atom is 0.451 e. The summed E-state index contributed by atoms with van der Waals surface area (Å²) in [5.74, 6) is -2.16. The number of Topliss-reactive ketones (excluding diaryl/α,β-unsaturated/α-hetero) is 1. The van der Waals surface area contributed by atoms with Crippen LogP contribution in [0.4, 0.5) is 17.6 Å². The van der Waals surface area contributed by atoms with Gasteiger partial charge in [-0.3, -0.25) is 4.79 Å². The molecule has 2 saturated heterocycles. The topological polar surface area (TPSA) is 93.1 Å². The first-order valence-electron chi connectivity index (χ1n) is 11.3. The SMILES string of the molecule is O=C(CCc1cc(Cl)nc(-c2cnc(C(F)(F)F)nc2)c1)[C@@H]1C2CC(C2)N1S(=O)(=O)c1ccc(F)cc1. The third kappa shape index (κ3) is 4.97. The Labute approximate surface area is 214 Å². The normalized spacial score (nSPS) is 21.6. The van der Waals surface area contributed by atoms with Crippen molar-refractivity contribution < 1.29 is 30.8 Å². The summed E-state index contributed by atoms with van der Waals surface area (Å²) in [5.41, 5.74) is 1.06. The van der Waals surface area contributed by atoms with Gasteiger partial charge >= 0.3 is 6.18 Å². The summed E-state index contributed by atoms with van der Waals surface area (Å²) in [7, 11) is -3.98. The number of ketones is 1. The predicted molar refractivity (Wildman–Crippen MR) is 124 cm³/mol. The minimum Gasteiger partial charge on any atom is -0.298 e. The van der Waals surface area contributed by atoms with E-state index in [0.717, 1.165) is 24.5 Å². The smallest absolute Gasteiger partial charge is 0.298 e. The number of fused-ring (bicyclic) bond motifs is 1. The van der Waals surface area contributed by atoms with Gasteiger partial charge in [0.25, 0.3) is 0 Å². The van der Waals surface area contributed by atoms with E-state index < -0.39 is 33.9 Å². The van der Waals surface area contributed by atoms with Crippen LogP contribution in [0.25, 0.3) is 11.3 Å². The molecule has 7 nitrogen and oxygen atoms in total. The lowest BCUT2D eigenvalue weighted by molar-refractivity contribution is -0.145. The average Bonchev–Trinajstić information content (AvgIpc) is 3.40. The van der Waals surface area contributed by atoms with Crippen LogP contribution in [0, 0.1) is 11.7 Å². The van der Waals surface area contributed by atoms with Crippen LogP contribution in [0.2, 0.25) is 5.15 Å². The molecule has 1 aromatic carbocycles. The van der Waals surface area contributed by atoms with Crippen molar-refractivity contribution in [2.45, 2.75) is 48.8 Å². The van der Waals surface area contributed by atoms with Gasteiger partial charge in [-0.2, -0.15) is 17.5 Å². The molecule has 0 unspecified atom stereocenters. The van der Waals surface area contributed by atoms with Gasteiger partial charge in [0.1, 0.15) is 11.0 Å². The highest BCUT2D eigenvalue weighted by Crippen LogP contribution is 2.49. The van der Waals surface area contributed by atoms with E-state index in [0.29, 0.717) is 18.4 Å². The Bertz CT molecular complexity index is 1440. The Morgan fingerprint density at radius 3 is 2.35 bits per heavy atom. The molecule has 6 rings (SSSR count). The number of hydrogen-bond donors (Lipinski definition) is 0. The standard InChI is InChI=1S/C24H19ClF4N4O3S/c25-21-8-13(7-19(32-21)15-11-30-23(31-12-15)24(27,28)29)1-6-20(34)22-14-9-17(10-14)33(22)37(35,36)18-4-2-16(26)3-5-18/h2-5,7-8,11-12,14,17,22H,1,6,9-10H2/t14?,17?,22-/m0/s1. The number of rotatable bonds is 7. The quantitative estimate of drug-likeness (QED) is 0.310. The van der Waals surface area contributed by atoms with Gasteiger partial charge in [0.15, 0.2) is 5.78 Å². The van der Waals surface area contributed by atoms with Crippen LogP contribution in [-0.4, -0.2) is 45.5 Å². The third-order valence-corrected chi connectivity index (χ3v) is 8.81. The molecule has 1 atom stereocenters. The molecule has 3 aliphatic rings. The molecule has 2 aromatic heterocycles. The van der Waals surface area contributed by atoms with Gasteiger partial charge in [-0.15, -0.1) is 0 Å². The van der Waals surface area contributed by atoms with Crippen molar-refractivity contribution in [2.75, 3.05) is 0 Å². The van der Waals surface area contributed by atoms with E-state index in [1.165, 1.54) is 22.5 Å². The molecular weight excluding hydrogens is 536 g/mol. The summed E-state index contributed by atoms with van der Waals surface area (Å²) >= 11 is 6.11. The predicted octanol–water partition coefficient (Wildman–Crippen LogP) is 4.70. The maximum absolute atomic E-state index is 13.3. The highest BCUT2D eigenvalue weighted by atomic mass is 35.5. The Kier molecular flexibility index (Phi) is 6.53. The number of benzene rings is 1. The maximum atomic E-state index is 13.3. The number of aromatic nitrogens is 3. The molecule has 1 saturated carbocycles. The second-order valence-electron chi connectivity index (χ2n) is 9.06. The van der Waals surface area contributed by atoms with Gasteiger partial charge in [-0.05, 0) is 67.1 Å². The zero-order valence-electron chi connectivity index (χ0n) is 19.0. The van der Waals surface area contributed by atoms with Gasteiger partial charge < -0.3 is 0 Å². The van der Waals surface area contributed by atoms with E-state index in [2.05, 4.69) is 15.0 Å². The highest BCUT2D eigenvalue weighted by Gasteiger charge is 2.58. The first-order chi connectivity index (χ1) is 17.4. The first kappa shape index (κ1) is 25.7. The molecule has 3 fully saturated rings. The number of hydrogen-bond acceptors (Lipinski definition) is 6. The molecule has 194 valence electrons. The van der Waals surface area contributed by atoms with Crippen molar-refractivity contribution in [3.05, 3.63) is 71.2 Å². The molecule has 13 heteroatoms. The zero-order chi connectivity index (χ0) is 26.5. The van der Waals surface area contributed by atoms with Crippen LogP contribution in [0.1, 0.15) is 30.7 Å². The Hall–Kier alpha value is -2.96. The summed E-state index contributed by atoms with van der Waals surface area (Å²) < 4.78 is 79.3. The molecule has 0 N–H and O–H groups in total. The number of sulfonamides is 1. The van der Waals surface area contributed by atoms with Crippen LogP contribution in [0.15, 0.2) is 53.7 Å². The summed E-state index contributed by atoms with van der Waals surface area (Å²) in [6.45, 7) is 0.